The van der Waals surface area contributed by atoms with Crippen molar-refractivity contribution in [1.82, 2.24) is 4.98 Å². The Morgan fingerprint density at radius 2 is 1.33 bits per heavy atom. The standard InChI is InChI=1S/C27H23N7O6S3/c1-14-3-12-20-25(26(14)43(38,39)40)41-27(30-20)16-4-6-17(7-5-16)32-34-24-22(28)15(2)13-21(23(24)29)33-31-18-8-10-19(11-9-18)42(35,36)37/h3-13H,28-29H2,1-2H3,(H,35,36,37)(H,38,39,40). The first-order valence-electron chi connectivity index (χ1n) is 12.3. The van der Waals surface area contributed by atoms with Gasteiger partial charge in [-0.25, -0.2) is 4.98 Å². The molecule has 0 aliphatic heterocycles. The molecule has 0 fully saturated rings. The van der Waals surface area contributed by atoms with Crippen LogP contribution in [0.25, 0.3) is 20.8 Å². The summed E-state index contributed by atoms with van der Waals surface area (Å²) in [7, 11) is -8.75. The van der Waals surface area contributed by atoms with E-state index in [2.05, 4.69) is 25.4 Å². The monoisotopic (exact) mass is 637 g/mol. The number of azo groups is 2. The van der Waals surface area contributed by atoms with Crippen molar-refractivity contribution in [3.8, 4) is 10.6 Å². The number of aromatic nitrogens is 1. The van der Waals surface area contributed by atoms with Gasteiger partial charge in [-0.2, -0.15) is 27.1 Å². The van der Waals surface area contributed by atoms with Crippen molar-refractivity contribution in [2.75, 3.05) is 11.5 Å². The Bertz CT molecular complexity index is 2160. The van der Waals surface area contributed by atoms with Gasteiger partial charge in [0.25, 0.3) is 20.2 Å². The number of benzene rings is 4. The third-order valence-electron chi connectivity index (χ3n) is 6.32. The average molecular weight is 638 g/mol. The van der Waals surface area contributed by atoms with Crippen LogP contribution >= 0.6 is 11.3 Å². The topological polar surface area (TPSA) is 223 Å². The molecule has 0 saturated heterocycles. The molecular weight excluding hydrogens is 615 g/mol. The van der Waals surface area contributed by atoms with E-state index >= 15 is 0 Å². The van der Waals surface area contributed by atoms with Crippen molar-refractivity contribution in [2.24, 2.45) is 20.5 Å². The molecule has 4 aromatic carbocycles. The van der Waals surface area contributed by atoms with Crippen molar-refractivity contribution in [1.29, 1.82) is 0 Å². The Kier molecular flexibility index (Phi) is 7.80. The molecule has 0 atom stereocenters. The van der Waals surface area contributed by atoms with E-state index in [1.54, 1.807) is 56.3 Å². The highest BCUT2D eigenvalue weighted by Gasteiger charge is 2.21. The number of hydrogen-bond acceptors (Lipinski definition) is 12. The van der Waals surface area contributed by atoms with Gasteiger partial charge in [0.05, 0.1) is 37.9 Å². The molecule has 0 radical (unpaired) electrons. The zero-order valence-corrected chi connectivity index (χ0v) is 24.9. The minimum absolute atomic E-state index is 0.126. The summed E-state index contributed by atoms with van der Waals surface area (Å²) in [6.45, 7) is 3.35. The third kappa shape index (κ3) is 6.27. The van der Waals surface area contributed by atoms with Crippen LogP contribution in [-0.2, 0) is 20.2 Å². The lowest BCUT2D eigenvalue weighted by atomic mass is 10.1. The number of nitrogens with two attached hydrogens (primary N) is 2. The number of anilines is 2. The van der Waals surface area contributed by atoms with Gasteiger partial charge in [-0.3, -0.25) is 9.11 Å². The van der Waals surface area contributed by atoms with Crippen molar-refractivity contribution >= 4 is 75.9 Å². The molecule has 0 amide bonds. The van der Waals surface area contributed by atoms with Gasteiger partial charge < -0.3 is 11.5 Å². The Morgan fingerprint density at radius 3 is 1.93 bits per heavy atom. The van der Waals surface area contributed by atoms with E-state index in [0.717, 1.165) is 11.3 Å². The summed E-state index contributed by atoms with van der Waals surface area (Å²) < 4.78 is 65.5. The van der Waals surface area contributed by atoms with Gasteiger partial charge in [0.15, 0.2) is 0 Å². The maximum atomic E-state index is 11.9. The summed E-state index contributed by atoms with van der Waals surface area (Å²) in [6.07, 6.45) is 0. The smallest absolute Gasteiger partial charge is 0.296 e. The molecule has 6 N–H and O–H groups in total. The number of thiazole rings is 1. The Hall–Kier alpha value is -4.61. The molecule has 0 spiro atoms. The molecular formula is C27H23N7O6S3. The zero-order valence-electron chi connectivity index (χ0n) is 22.5. The van der Waals surface area contributed by atoms with Crippen molar-refractivity contribution < 1.29 is 25.9 Å². The Morgan fingerprint density at radius 1 is 0.721 bits per heavy atom. The van der Waals surface area contributed by atoms with Crippen LogP contribution in [0.1, 0.15) is 11.1 Å². The highest BCUT2D eigenvalue weighted by Crippen LogP contribution is 2.41. The second kappa shape index (κ2) is 11.2. The van der Waals surface area contributed by atoms with E-state index in [-0.39, 0.29) is 26.9 Å². The van der Waals surface area contributed by atoms with Crippen LogP contribution in [0.3, 0.4) is 0 Å². The third-order valence-corrected chi connectivity index (χ3v) is 9.50. The normalized spacial score (nSPS) is 12.6. The maximum absolute atomic E-state index is 11.9. The van der Waals surface area contributed by atoms with Gasteiger partial charge in [0.1, 0.15) is 21.3 Å². The molecule has 5 rings (SSSR count). The molecule has 43 heavy (non-hydrogen) atoms. The van der Waals surface area contributed by atoms with Crippen LogP contribution < -0.4 is 11.5 Å². The number of fused-ring (bicyclic) bond motifs is 1. The van der Waals surface area contributed by atoms with E-state index in [4.69, 9.17) is 16.0 Å². The highest BCUT2D eigenvalue weighted by atomic mass is 32.2. The molecule has 0 saturated carbocycles. The minimum atomic E-state index is -4.43. The van der Waals surface area contributed by atoms with Gasteiger partial charge in [0.2, 0.25) is 0 Å². The number of rotatable bonds is 7. The summed E-state index contributed by atoms with van der Waals surface area (Å²) in [4.78, 5) is 4.09. The van der Waals surface area contributed by atoms with E-state index in [1.165, 1.54) is 24.3 Å². The maximum Gasteiger partial charge on any atom is 0.296 e. The predicted octanol–water partition coefficient (Wildman–Crippen LogP) is 7.07. The molecule has 220 valence electrons. The lowest BCUT2D eigenvalue weighted by Gasteiger charge is -2.09. The van der Waals surface area contributed by atoms with Gasteiger partial charge in [-0.05, 0) is 85.6 Å². The van der Waals surface area contributed by atoms with Crippen LogP contribution in [-0.4, -0.2) is 30.9 Å². The predicted molar refractivity (Wildman–Crippen MR) is 164 cm³/mol. The van der Waals surface area contributed by atoms with Crippen molar-refractivity contribution in [3.05, 3.63) is 77.9 Å². The summed E-state index contributed by atoms with van der Waals surface area (Å²) in [5.41, 5.74) is 16.4. The van der Waals surface area contributed by atoms with Gasteiger partial charge >= 0.3 is 0 Å². The largest absolute Gasteiger partial charge is 0.397 e. The summed E-state index contributed by atoms with van der Waals surface area (Å²) in [5.74, 6) is 0. The van der Waals surface area contributed by atoms with Gasteiger partial charge in [0, 0.05) is 5.56 Å². The number of aryl methyl sites for hydroxylation is 2. The zero-order chi connectivity index (χ0) is 31.1. The Balaban J connectivity index is 1.41. The van der Waals surface area contributed by atoms with E-state index in [9.17, 15) is 21.4 Å². The number of nitrogens with zero attached hydrogens (tertiary/aromatic N) is 5. The first-order chi connectivity index (χ1) is 20.2. The molecule has 1 heterocycles. The summed E-state index contributed by atoms with van der Waals surface area (Å²) in [5, 5.41) is 17.3. The first kappa shape index (κ1) is 29.9. The van der Waals surface area contributed by atoms with Crippen LogP contribution in [0.5, 0.6) is 0 Å². The van der Waals surface area contributed by atoms with Crippen LogP contribution in [0.2, 0.25) is 0 Å². The van der Waals surface area contributed by atoms with Crippen molar-refractivity contribution in [2.45, 2.75) is 23.6 Å². The second-order valence-corrected chi connectivity index (χ2v) is 13.1. The fourth-order valence-corrected chi connectivity index (χ4v) is 6.89. The Labute approximate surface area is 250 Å². The lowest BCUT2D eigenvalue weighted by molar-refractivity contribution is 0.481. The average Bonchev–Trinajstić information content (AvgIpc) is 3.37. The second-order valence-electron chi connectivity index (χ2n) is 9.36. The van der Waals surface area contributed by atoms with E-state index < -0.39 is 20.2 Å². The van der Waals surface area contributed by atoms with Crippen LogP contribution in [0.15, 0.2) is 97.0 Å². The molecule has 0 aliphatic carbocycles. The van der Waals surface area contributed by atoms with Crippen LogP contribution in [0.4, 0.5) is 34.1 Å². The summed E-state index contributed by atoms with van der Waals surface area (Å²) in [6, 6.07) is 17.0. The van der Waals surface area contributed by atoms with Gasteiger partial charge in [-0.15, -0.1) is 21.6 Å². The number of hydrogen-bond donors (Lipinski definition) is 4. The number of nitrogen functional groups attached to an aromatic ring is 2. The molecule has 16 heteroatoms. The molecule has 0 unspecified atom stereocenters. The summed E-state index contributed by atoms with van der Waals surface area (Å²) >= 11 is 1.15. The van der Waals surface area contributed by atoms with Gasteiger partial charge in [-0.1, -0.05) is 6.07 Å². The van der Waals surface area contributed by atoms with E-state index in [0.29, 0.717) is 49.0 Å². The van der Waals surface area contributed by atoms with Crippen LogP contribution in [0, 0.1) is 13.8 Å². The molecule has 0 aliphatic rings. The highest BCUT2D eigenvalue weighted by molar-refractivity contribution is 7.86. The lowest BCUT2D eigenvalue weighted by Crippen LogP contribution is -2.00. The molecule has 0 bridgehead atoms. The quantitative estimate of drug-likeness (QED) is 0.0812. The fourth-order valence-electron chi connectivity index (χ4n) is 4.09. The SMILES string of the molecule is Cc1cc(N=Nc2ccc(S(=O)(=O)O)cc2)c(N)c(N=Nc2ccc(-c3nc4ccc(C)c(S(=O)(=O)O)c4s3)cc2)c1N. The van der Waals surface area contributed by atoms with E-state index in [1.807, 2.05) is 0 Å². The fraction of sp³-hybridized carbons (Fsp3) is 0.0741. The minimum Gasteiger partial charge on any atom is -0.397 e. The molecule has 13 nitrogen and oxygen atoms in total. The molecule has 5 aromatic rings. The van der Waals surface area contributed by atoms with Crippen molar-refractivity contribution in [3.63, 3.8) is 0 Å². The molecule has 1 aromatic heterocycles. The first-order valence-corrected chi connectivity index (χ1v) is 16.0.